The topological polar surface area (TPSA) is 9.23 Å². The third-order valence-electron chi connectivity index (χ3n) is 5.99. The Balaban J connectivity index is 2.05. The predicted molar refractivity (Wildman–Crippen MR) is 119 cm³/mol. The van der Waals surface area contributed by atoms with Crippen molar-refractivity contribution >= 4 is 18.7 Å². The van der Waals surface area contributed by atoms with Gasteiger partial charge in [0.15, 0.2) is 0 Å². The molecule has 0 unspecified atom stereocenters. The van der Waals surface area contributed by atoms with Crippen molar-refractivity contribution in [2.75, 3.05) is 0 Å². The van der Waals surface area contributed by atoms with Gasteiger partial charge < -0.3 is 4.43 Å². The summed E-state index contributed by atoms with van der Waals surface area (Å²) in [6.45, 7) is 11.0. The minimum absolute atomic E-state index is 0.0566. The Kier molecular flexibility index (Phi) is 6.39. The van der Waals surface area contributed by atoms with Crippen LogP contribution in [0.2, 0.25) is 5.04 Å². The molecule has 2 heteroatoms. The molecule has 0 N–H and O–H groups in total. The second kappa shape index (κ2) is 8.58. The molecule has 0 amide bonds. The molecule has 0 saturated heterocycles. The highest BCUT2D eigenvalue weighted by Crippen LogP contribution is 2.40. The van der Waals surface area contributed by atoms with Crippen LogP contribution in [0.5, 0.6) is 0 Å². The first-order valence-electron chi connectivity index (χ1n) is 10.4. The molecule has 1 nitrogen and oxygen atoms in total. The van der Waals surface area contributed by atoms with Crippen molar-refractivity contribution in [3.8, 4) is 0 Å². The fourth-order valence-electron chi connectivity index (χ4n) is 4.74. The van der Waals surface area contributed by atoms with Gasteiger partial charge in [-0.1, -0.05) is 93.9 Å². The lowest BCUT2D eigenvalue weighted by Gasteiger charge is -2.46. The van der Waals surface area contributed by atoms with Crippen molar-refractivity contribution < 1.29 is 4.43 Å². The molecule has 0 radical (unpaired) electrons. The van der Waals surface area contributed by atoms with Gasteiger partial charge in [0.05, 0.1) is 0 Å². The second-order valence-corrected chi connectivity index (χ2v) is 13.2. The first kappa shape index (κ1) is 20.1. The molecule has 2 atom stereocenters. The fourth-order valence-corrected chi connectivity index (χ4v) is 9.47. The quantitative estimate of drug-likeness (QED) is 0.463. The zero-order chi connectivity index (χ0) is 19.3. The summed E-state index contributed by atoms with van der Waals surface area (Å²) in [5.41, 5.74) is 0. The smallest absolute Gasteiger partial charge is 0.261 e. The predicted octanol–water partition coefficient (Wildman–Crippen LogP) is 5.70. The van der Waals surface area contributed by atoms with Crippen LogP contribution in [0.3, 0.4) is 0 Å². The number of allylic oxidation sites excluding steroid dienone is 1. The highest BCUT2D eigenvalue weighted by Gasteiger charge is 2.51. The Morgan fingerprint density at radius 2 is 1.52 bits per heavy atom. The first-order valence-corrected chi connectivity index (χ1v) is 12.3. The van der Waals surface area contributed by atoms with Crippen LogP contribution in [0.1, 0.15) is 52.9 Å². The number of rotatable bonds is 6. The molecule has 0 heterocycles. The summed E-state index contributed by atoms with van der Waals surface area (Å²) in [5, 5.41) is 2.82. The molecule has 3 rings (SSSR count). The van der Waals surface area contributed by atoms with E-state index in [1.54, 1.807) is 0 Å². The molecule has 1 saturated carbocycles. The molecule has 0 spiro atoms. The van der Waals surface area contributed by atoms with E-state index >= 15 is 0 Å². The van der Waals surface area contributed by atoms with E-state index in [-0.39, 0.29) is 5.04 Å². The average Bonchev–Trinajstić information content (AvgIpc) is 2.67. The van der Waals surface area contributed by atoms with Gasteiger partial charge in [-0.25, -0.2) is 0 Å². The SMILES string of the molecule is C=CC[C@H]1CCC[C@@H](O[Si](c2ccccc2)(c2ccccc2)C(C)(C)C)C1. The normalized spacial score (nSPS) is 21.0. The molecule has 1 aliphatic rings. The highest BCUT2D eigenvalue weighted by molar-refractivity contribution is 6.99. The van der Waals surface area contributed by atoms with Crippen LogP contribution in [0, 0.1) is 5.92 Å². The monoisotopic (exact) mass is 378 g/mol. The van der Waals surface area contributed by atoms with Gasteiger partial charge in [-0.05, 0) is 47.0 Å². The van der Waals surface area contributed by atoms with Crippen molar-refractivity contribution in [3.63, 3.8) is 0 Å². The molecule has 27 heavy (non-hydrogen) atoms. The fraction of sp³-hybridized carbons (Fsp3) is 0.440. The van der Waals surface area contributed by atoms with Gasteiger partial charge in [0.25, 0.3) is 8.32 Å². The van der Waals surface area contributed by atoms with Crippen LogP contribution in [-0.4, -0.2) is 14.4 Å². The van der Waals surface area contributed by atoms with Crippen LogP contribution in [-0.2, 0) is 4.43 Å². The lowest BCUT2D eigenvalue weighted by atomic mass is 9.85. The molecule has 144 valence electrons. The third kappa shape index (κ3) is 4.28. The van der Waals surface area contributed by atoms with E-state index in [4.69, 9.17) is 4.43 Å². The first-order chi connectivity index (χ1) is 13.0. The molecule has 2 aromatic carbocycles. The van der Waals surface area contributed by atoms with E-state index in [9.17, 15) is 0 Å². The van der Waals surface area contributed by atoms with Crippen molar-refractivity contribution in [3.05, 3.63) is 73.3 Å². The summed E-state index contributed by atoms with van der Waals surface area (Å²) in [7, 11) is -2.42. The molecule has 0 aliphatic heterocycles. The van der Waals surface area contributed by atoms with Gasteiger partial charge >= 0.3 is 0 Å². The van der Waals surface area contributed by atoms with Crippen LogP contribution in [0.15, 0.2) is 73.3 Å². The summed E-state index contributed by atoms with van der Waals surface area (Å²) < 4.78 is 7.30. The minimum Gasteiger partial charge on any atom is -0.404 e. The Hall–Kier alpha value is -1.64. The number of hydrogen-bond acceptors (Lipinski definition) is 1. The van der Waals surface area contributed by atoms with Crippen molar-refractivity contribution in [2.45, 2.75) is 64.0 Å². The van der Waals surface area contributed by atoms with Gasteiger partial charge in [0.1, 0.15) is 0 Å². The molecular weight excluding hydrogens is 344 g/mol. The van der Waals surface area contributed by atoms with Crippen LogP contribution < -0.4 is 10.4 Å². The lowest BCUT2D eigenvalue weighted by Crippen LogP contribution is -2.67. The van der Waals surface area contributed by atoms with E-state index in [0.29, 0.717) is 6.10 Å². The second-order valence-electron chi connectivity index (χ2n) is 8.96. The summed E-state index contributed by atoms with van der Waals surface area (Å²) in [6.07, 6.45) is 8.45. The maximum absolute atomic E-state index is 7.30. The summed E-state index contributed by atoms with van der Waals surface area (Å²) in [4.78, 5) is 0. The zero-order valence-electron chi connectivity index (χ0n) is 17.2. The van der Waals surface area contributed by atoms with Crippen LogP contribution in [0.25, 0.3) is 0 Å². The largest absolute Gasteiger partial charge is 0.404 e. The van der Waals surface area contributed by atoms with Crippen molar-refractivity contribution in [1.82, 2.24) is 0 Å². The molecular formula is C25H34OSi. The van der Waals surface area contributed by atoms with Gasteiger partial charge in [-0.15, -0.1) is 6.58 Å². The van der Waals surface area contributed by atoms with E-state index in [0.717, 1.165) is 18.8 Å². The van der Waals surface area contributed by atoms with E-state index in [2.05, 4.69) is 94.1 Å². The van der Waals surface area contributed by atoms with Crippen LogP contribution in [0.4, 0.5) is 0 Å². The number of hydrogen-bond donors (Lipinski definition) is 0. The third-order valence-corrected chi connectivity index (χ3v) is 11.1. The Bertz CT molecular complexity index is 677. The molecule has 0 aromatic heterocycles. The molecule has 2 aromatic rings. The van der Waals surface area contributed by atoms with Crippen LogP contribution >= 0.6 is 0 Å². The van der Waals surface area contributed by atoms with Gasteiger partial charge in [0.2, 0.25) is 0 Å². The van der Waals surface area contributed by atoms with E-state index < -0.39 is 8.32 Å². The van der Waals surface area contributed by atoms with Gasteiger partial charge in [0, 0.05) is 6.10 Å². The summed E-state index contributed by atoms with van der Waals surface area (Å²) in [5.74, 6) is 0.722. The van der Waals surface area contributed by atoms with Gasteiger partial charge in [-0.3, -0.25) is 0 Å². The Labute approximate surface area is 166 Å². The average molecular weight is 379 g/mol. The Morgan fingerprint density at radius 3 is 2.00 bits per heavy atom. The number of benzene rings is 2. The van der Waals surface area contributed by atoms with Crippen molar-refractivity contribution in [1.29, 1.82) is 0 Å². The maximum atomic E-state index is 7.30. The molecule has 1 fully saturated rings. The van der Waals surface area contributed by atoms with E-state index in [1.807, 2.05) is 0 Å². The minimum atomic E-state index is -2.42. The lowest BCUT2D eigenvalue weighted by molar-refractivity contribution is 0.114. The Morgan fingerprint density at radius 1 is 0.963 bits per heavy atom. The molecule has 0 bridgehead atoms. The van der Waals surface area contributed by atoms with Gasteiger partial charge in [-0.2, -0.15) is 0 Å². The highest BCUT2D eigenvalue weighted by atomic mass is 28.4. The molecule has 1 aliphatic carbocycles. The zero-order valence-corrected chi connectivity index (χ0v) is 18.2. The van der Waals surface area contributed by atoms with Crippen molar-refractivity contribution in [2.24, 2.45) is 5.92 Å². The summed E-state index contributed by atoms with van der Waals surface area (Å²) >= 11 is 0. The van der Waals surface area contributed by atoms with E-state index in [1.165, 1.54) is 29.6 Å². The summed E-state index contributed by atoms with van der Waals surface area (Å²) in [6, 6.07) is 22.0. The maximum Gasteiger partial charge on any atom is 0.261 e. The standard InChI is InChI=1S/C25H34OSi/c1-5-13-21-14-12-15-22(20-21)26-27(25(2,3)4,23-16-8-6-9-17-23)24-18-10-7-11-19-24/h5-11,16-19,21-22H,1,12-15,20H2,2-4H3/t21-,22+/m0/s1.